The summed E-state index contributed by atoms with van der Waals surface area (Å²) in [5, 5.41) is 9.11. The highest BCUT2D eigenvalue weighted by molar-refractivity contribution is 7.93. The van der Waals surface area contributed by atoms with E-state index in [0.717, 1.165) is 12.8 Å². The lowest BCUT2D eigenvalue weighted by molar-refractivity contribution is 0.245. The van der Waals surface area contributed by atoms with Crippen LogP contribution in [0.15, 0.2) is 24.3 Å². The molecule has 0 unspecified atom stereocenters. The third-order valence-electron chi connectivity index (χ3n) is 5.61. The summed E-state index contributed by atoms with van der Waals surface area (Å²) < 4.78 is 27.8. The number of anilines is 1. The van der Waals surface area contributed by atoms with Crippen molar-refractivity contribution in [3.63, 3.8) is 0 Å². The fourth-order valence-corrected chi connectivity index (χ4v) is 7.19. The van der Waals surface area contributed by atoms with Gasteiger partial charge in [0.05, 0.1) is 21.5 Å². The van der Waals surface area contributed by atoms with Crippen molar-refractivity contribution in [2.24, 2.45) is 17.8 Å². The van der Waals surface area contributed by atoms with E-state index in [9.17, 15) is 8.42 Å². The van der Waals surface area contributed by atoms with Crippen molar-refractivity contribution in [3.05, 3.63) is 40.4 Å². The smallest absolute Gasteiger partial charge is 0.239 e. The average molecular weight is 349 g/mol. The van der Waals surface area contributed by atoms with E-state index in [-0.39, 0.29) is 17.1 Å². The van der Waals surface area contributed by atoms with Crippen LogP contribution < -0.4 is 4.31 Å². The minimum Gasteiger partial charge on any atom is -0.269 e. The first-order chi connectivity index (χ1) is 10.9. The van der Waals surface area contributed by atoms with Crippen LogP contribution in [0.3, 0.4) is 0 Å². The molecule has 120 valence electrons. The Labute approximate surface area is 141 Å². The number of benzene rings is 1. The first-order valence-electron chi connectivity index (χ1n) is 7.84. The van der Waals surface area contributed by atoms with E-state index < -0.39 is 10.0 Å². The van der Waals surface area contributed by atoms with Crippen molar-refractivity contribution in [3.8, 4) is 6.07 Å². The molecule has 1 aromatic rings. The van der Waals surface area contributed by atoms with Gasteiger partial charge in [-0.05, 0) is 49.3 Å². The number of fused-ring (bicyclic) bond motifs is 1. The standard InChI is InChI=1S/C17H17ClN2O2S/c1-10-15(7-6-13(8-19)16(10)18)20-9-14-11-2-4-12(5-3-11)17(14)23(20,21)22/h2,4,6-7,11-12,14,17H,3,5,9H2,1H3/t11-,12+,14+,17-/m1/s1. The van der Waals surface area contributed by atoms with Gasteiger partial charge in [-0.3, -0.25) is 4.31 Å². The van der Waals surface area contributed by atoms with Gasteiger partial charge in [-0.15, -0.1) is 0 Å². The van der Waals surface area contributed by atoms with Gasteiger partial charge in [0, 0.05) is 12.5 Å². The van der Waals surface area contributed by atoms with Crippen LogP contribution in [0.4, 0.5) is 5.69 Å². The molecule has 5 rings (SSSR count). The molecule has 4 aliphatic rings. The minimum atomic E-state index is -3.39. The van der Waals surface area contributed by atoms with Crippen LogP contribution >= 0.6 is 11.6 Å². The summed E-state index contributed by atoms with van der Waals surface area (Å²) in [5.74, 6) is 0.658. The van der Waals surface area contributed by atoms with Gasteiger partial charge in [0.15, 0.2) is 0 Å². The highest BCUT2D eigenvalue weighted by Gasteiger charge is 2.55. The largest absolute Gasteiger partial charge is 0.269 e. The summed E-state index contributed by atoms with van der Waals surface area (Å²) in [5.41, 5.74) is 1.65. The molecule has 0 radical (unpaired) electrons. The monoisotopic (exact) mass is 348 g/mol. The number of sulfonamides is 1. The third kappa shape index (κ3) is 1.98. The number of halogens is 1. The zero-order valence-electron chi connectivity index (χ0n) is 12.7. The van der Waals surface area contributed by atoms with Gasteiger partial charge in [0.1, 0.15) is 6.07 Å². The lowest BCUT2D eigenvalue weighted by Crippen LogP contribution is -2.42. The molecule has 1 saturated carbocycles. The van der Waals surface area contributed by atoms with Crippen LogP contribution in [0.25, 0.3) is 0 Å². The number of nitriles is 1. The van der Waals surface area contributed by atoms with Crippen LogP contribution in [0.5, 0.6) is 0 Å². The predicted octanol–water partition coefficient (Wildman–Crippen LogP) is 3.25. The average Bonchev–Trinajstić information content (AvgIpc) is 2.85. The molecule has 2 bridgehead atoms. The van der Waals surface area contributed by atoms with E-state index in [2.05, 4.69) is 12.2 Å². The van der Waals surface area contributed by atoms with Crippen molar-refractivity contribution in [2.75, 3.05) is 10.8 Å². The zero-order valence-corrected chi connectivity index (χ0v) is 14.3. The predicted molar refractivity (Wildman–Crippen MR) is 89.8 cm³/mol. The third-order valence-corrected chi connectivity index (χ3v) is 8.44. The van der Waals surface area contributed by atoms with Crippen LogP contribution in [0.2, 0.25) is 5.02 Å². The summed E-state index contributed by atoms with van der Waals surface area (Å²) in [6.07, 6.45) is 6.34. The Morgan fingerprint density at radius 2 is 1.96 bits per heavy atom. The molecule has 0 aromatic heterocycles. The second-order valence-corrected chi connectivity index (χ2v) is 9.07. The van der Waals surface area contributed by atoms with Crippen LogP contribution in [0.1, 0.15) is 24.0 Å². The number of hydrogen-bond acceptors (Lipinski definition) is 3. The maximum atomic E-state index is 13.1. The van der Waals surface area contributed by atoms with E-state index >= 15 is 0 Å². The molecule has 4 nitrogen and oxygen atoms in total. The van der Waals surface area contributed by atoms with E-state index in [1.807, 2.05) is 6.07 Å². The highest BCUT2D eigenvalue weighted by Crippen LogP contribution is 2.50. The molecule has 2 fully saturated rings. The molecular formula is C17H17ClN2O2S. The Bertz CT molecular complexity index is 856. The maximum Gasteiger partial charge on any atom is 0.239 e. The number of nitrogens with zero attached hydrogens (tertiary/aromatic N) is 2. The van der Waals surface area contributed by atoms with Crippen molar-refractivity contribution >= 4 is 27.3 Å². The summed E-state index contributed by atoms with van der Waals surface area (Å²) in [4.78, 5) is 0. The molecular weight excluding hydrogens is 332 g/mol. The second-order valence-electron chi connectivity index (χ2n) is 6.68. The summed E-state index contributed by atoms with van der Waals surface area (Å²) >= 11 is 6.24. The molecule has 0 spiro atoms. The number of hydrogen-bond donors (Lipinski definition) is 0. The Kier molecular flexibility index (Phi) is 3.26. The molecule has 1 aromatic carbocycles. The van der Waals surface area contributed by atoms with Gasteiger partial charge in [-0.25, -0.2) is 8.42 Å². The van der Waals surface area contributed by atoms with Crippen LogP contribution in [-0.4, -0.2) is 20.2 Å². The molecule has 0 N–H and O–H groups in total. The van der Waals surface area contributed by atoms with E-state index in [1.165, 1.54) is 4.31 Å². The van der Waals surface area contributed by atoms with Crippen LogP contribution in [-0.2, 0) is 10.0 Å². The number of allylic oxidation sites excluding steroid dienone is 2. The first-order valence-corrected chi connectivity index (χ1v) is 9.72. The molecule has 23 heavy (non-hydrogen) atoms. The van der Waals surface area contributed by atoms with Gasteiger partial charge in [-0.1, -0.05) is 23.8 Å². The van der Waals surface area contributed by atoms with Gasteiger partial charge in [0.2, 0.25) is 10.0 Å². The Morgan fingerprint density at radius 1 is 1.26 bits per heavy atom. The normalized spacial score (nSPS) is 33.5. The quantitative estimate of drug-likeness (QED) is 0.732. The van der Waals surface area contributed by atoms with Crippen molar-refractivity contribution in [1.82, 2.24) is 0 Å². The van der Waals surface area contributed by atoms with E-state index in [0.29, 0.717) is 34.3 Å². The van der Waals surface area contributed by atoms with Gasteiger partial charge < -0.3 is 0 Å². The molecule has 6 heteroatoms. The molecule has 4 atom stereocenters. The maximum absolute atomic E-state index is 13.1. The molecule has 0 amide bonds. The van der Waals surface area contributed by atoms with Gasteiger partial charge >= 0.3 is 0 Å². The SMILES string of the molecule is Cc1c(N2C[C@@H]3[C@@H]([C@H]4C=C[C@@H]3CC4)S2(=O)=O)ccc(C#N)c1Cl. The summed E-state index contributed by atoms with van der Waals surface area (Å²) in [6.45, 7) is 2.30. The number of rotatable bonds is 1. The van der Waals surface area contributed by atoms with Gasteiger partial charge in [-0.2, -0.15) is 5.26 Å². The zero-order chi connectivity index (χ0) is 16.4. The van der Waals surface area contributed by atoms with Crippen molar-refractivity contribution < 1.29 is 8.42 Å². The van der Waals surface area contributed by atoms with Crippen molar-refractivity contribution in [1.29, 1.82) is 5.26 Å². The minimum absolute atomic E-state index is 0.133. The Balaban J connectivity index is 1.81. The van der Waals surface area contributed by atoms with Gasteiger partial charge in [0.25, 0.3) is 0 Å². The highest BCUT2D eigenvalue weighted by atomic mass is 35.5. The summed E-state index contributed by atoms with van der Waals surface area (Å²) in [6, 6.07) is 5.36. The van der Waals surface area contributed by atoms with Crippen LogP contribution in [0, 0.1) is 36.0 Å². The first kappa shape index (κ1) is 15.0. The summed E-state index contributed by atoms with van der Waals surface area (Å²) in [7, 11) is -3.39. The topological polar surface area (TPSA) is 61.2 Å². The molecule has 1 saturated heterocycles. The molecule has 1 heterocycles. The lowest BCUT2D eigenvalue weighted by atomic mass is 9.69. The lowest BCUT2D eigenvalue weighted by Gasteiger charge is -2.39. The fraction of sp³-hybridized carbons (Fsp3) is 0.471. The van der Waals surface area contributed by atoms with E-state index in [1.54, 1.807) is 19.1 Å². The Morgan fingerprint density at radius 3 is 2.57 bits per heavy atom. The van der Waals surface area contributed by atoms with Crippen molar-refractivity contribution in [2.45, 2.75) is 25.0 Å². The second kappa shape index (κ2) is 4.99. The molecule has 1 aliphatic heterocycles. The Hall–Kier alpha value is -1.51. The molecule has 3 aliphatic carbocycles. The fourth-order valence-electron chi connectivity index (χ4n) is 4.44. The van der Waals surface area contributed by atoms with E-state index in [4.69, 9.17) is 16.9 Å².